The van der Waals surface area contributed by atoms with Crippen LogP contribution in [0.1, 0.15) is 74.9 Å². The molecule has 0 amide bonds. The van der Waals surface area contributed by atoms with Gasteiger partial charge in [-0.05, 0) is 83.7 Å². The first kappa shape index (κ1) is 35.0. The Labute approximate surface area is 336 Å². The second kappa shape index (κ2) is 12.8. The second-order valence-corrected chi connectivity index (χ2v) is 17.7. The molecule has 0 atom stereocenters. The molecule has 0 saturated carbocycles. The molecule has 0 saturated heterocycles. The summed E-state index contributed by atoms with van der Waals surface area (Å²) >= 11 is 0. The van der Waals surface area contributed by atoms with Gasteiger partial charge in [0.1, 0.15) is 0 Å². The van der Waals surface area contributed by atoms with Crippen LogP contribution in [0.4, 0.5) is 0 Å². The first-order valence-corrected chi connectivity index (χ1v) is 20.0. The molecular weight excluding hydrogens is 691 g/mol. The molecule has 2 aliphatic rings. The number of benzene rings is 7. The fraction of sp³-hybridized carbons (Fsp3) is 0.167. The van der Waals surface area contributed by atoms with Crippen LogP contribution in [0.2, 0.25) is 0 Å². The van der Waals surface area contributed by atoms with Crippen LogP contribution in [0.3, 0.4) is 0 Å². The third-order valence-corrected chi connectivity index (χ3v) is 12.1. The fourth-order valence-corrected chi connectivity index (χ4v) is 9.05. The van der Waals surface area contributed by atoms with Gasteiger partial charge in [0.15, 0.2) is 17.5 Å². The second-order valence-electron chi connectivity index (χ2n) is 17.7. The van der Waals surface area contributed by atoms with Gasteiger partial charge in [0, 0.05) is 16.7 Å². The smallest absolute Gasteiger partial charge is 0.164 e. The Hall–Kier alpha value is -6.45. The Kier molecular flexibility index (Phi) is 7.85. The first-order chi connectivity index (χ1) is 27.5. The van der Waals surface area contributed by atoms with E-state index in [0.29, 0.717) is 17.5 Å². The predicted molar refractivity (Wildman–Crippen MR) is 235 cm³/mol. The Morgan fingerprint density at radius 3 is 1.23 bits per heavy atom. The SMILES string of the molecule is CC(C)(C)c1ccc2c(c1)C1(c3ccccc3-c3ccc(-c4nc(-c5ccccc5)nc(-c5ccc(-c6ccccc6)cc5)n4)cc31)c1cc(C(C)(C)C)ccc1-2. The number of nitrogens with zero attached hydrogens (tertiary/aromatic N) is 3. The third-order valence-electron chi connectivity index (χ3n) is 12.1. The lowest BCUT2D eigenvalue weighted by Gasteiger charge is -2.33. The van der Waals surface area contributed by atoms with Crippen LogP contribution in [-0.4, -0.2) is 15.0 Å². The lowest BCUT2D eigenvalue weighted by molar-refractivity contribution is 0.586. The zero-order valence-electron chi connectivity index (χ0n) is 33.4. The van der Waals surface area contributed by atoms with Crippen molar-refractivity contribution in [2.45, 2.75) is 57.8 Å². The lowest BCUT2D eigenvalue weighted by atomic mass is 9.68. The molecule has 276 valence electrons. The molecule has 0 radical (unpaired) electrons. The lowest BCUT2D eigenvalue weighted by Crippen LogP contribution is -2.27. The summed E-state index contributed by atoms with van der Waals surface area (Å²) in [5.41, 5.74) is 17.8. The first-order valence-electron chi connectivity index (χ1n) is 20.0. The summed E-state index contributed by atoms with van der Waals surface area (Å²) in [4.78, 5) is 15.5. The maximum atomic E-state index is 5.25. The molecule has 1 spiro atoms. The van der Waals surface area contributed by atoms with Gasteiger partial charge in [-0.2, -0.15) is 0 Å². The highest BCUT2D eigenvalue weighted by Crippen LogP contribution is 2.63. The molecule has 0 fully saturated rings. The van der Waals surface area contributed by atoms with E-state index in [9.17, 15) is 0 Å². The van der Waals surface area contributed by atoms with Crippen LogP contribution in [0.5, 0.6) is 0 Å². The zero-order chi connectivity index (χ0) is 39.1. The summed E-state index contributed by atoms with van der Waals surface area (Å²) < 4.78 is 0. The van der Waals surface area contributed by atoms with E-state index in [0.717, 1.165) is 22.3 Å². The Balaban J connectivity index is 1.22. The summed E-state index contributed by atoms with van der Waals surface area (Å²) in [5, 5.41) is 0. The minimum Gasteiger partial charge on any atom is -0.208 e. The Morgan fingerprint density at radius 2 is 0.684 bits per heavy atom. The molecule has 3 heteroatoms. The van der Waals surface area contributed by atoms with Gasteiger partial charge in [0.05, 0.1) is 5.41 Å². The molecule has 1 heterocycles. The fourth-order valence-electron chi connectivity index (χ4n) is 9.05. The maximum absolute atomic E-state index is 5.25. The van der Waals surface area contributed by atoms with E-state index in [1.54, 1.807) is 0 Å². The molecule has 2 aliphatic carbocycles. The van der Waals surface area contributed by atoms with Gasteiger partial charge in [0.2, 0.25) is 0 Å². The van der Waals surface area contributed by atoms with Crippen LogP contribution in [0.25, 0.3) is 67.5 Å². The molecule has 0 unspecified atom stereocenters. The van der Waals surface area contributed by atoms with Crippen molar-refractivity contribution in [3.05, 3.63) is 197 Å². The predicted octanol–water partition coefficient (Wildman–Crippen LogP) is 13.5. The average Bonchev–Trinajstić information content (AvgIpc) is 3.70. The minimum atomic E-state index is -0.513. The normalized spacial score (nSPS) is 13.6. The number of rotatable bonds is 4. The summed E-state index contributed by atoms with van der Waals surface area (Å²) in [6, 6.07) is 59.6. The molecule has 1 aromatic heterocycles. The molecule has 0 aliphatic heterocycles. The van der Waals surface area contributed by atoms with Crippen molar-refractivity contribution >= 4 is 0 Å². The Bertz CT molecular complexity index is 2780. The minimum absolute atomic E-state index is 0.0151. The molecule has 8 aromatic rings. The van der Waals surface area contributed by atoms with E-state index in [2.05, 4.69) is 181 Å². The van der Waals surface area contributed by atoms with Gasteiger partial charge >= 0.3 is 0 Å². The van der Waals surface area contributed by atoms with Crippen LogP contribution >= 0.6 is 0 Å². The molecule has 57 heavy (non-hydrogen) atoms. The van der Waals surface area contributed by atoms with Crippen molar-refractivity contribution in [1.29, 1.82) is 0 Å². The van der Waals surface area contributed by atoms with Gasteiger partial charge in [-0.3, -0.25) is 0 Å². The van der Waals surface area contributed by atoms with Crippen molar-refractivity contribution < 1.29 is 0 Å². The molecule has 7 aromatic carbocycles. The van der Waals surface area contributed by atoms with Crippen LogP contribution in [-0.2, 0) is 16.2 Å². The van der Waals surface area contributed by atoms with Crippen LogP contribution < -0.4 is 0 Å². The molecule has 0 bridgehead atoms. The van der Waals surface area contributed by atoms with Gasteiger partial charge in [-0.1, -0.05) is 199 Å². The van der Waals surface area contributed by atoms with Crippen molar-refractivity contribution in [2.24, 2.45) is 0 Å². The van der Waals surface area contributed by atoms with Crippen molar-refractivity contribution in [1.82, 2.24) is 15.0 Å². The molecule has 3 nitrogen and oxygen atoms in total. The largest absolute Gasteiger partial charge is 0.208 e. The molecule has 10 rings (SSSR count). The van der Waals surface area contributed by atoms with Gasteiger partial charge in [0.25, 0.3) is 0 Å². The Morgan fingerprint density at radius 1 is 0.316 bits per heavy atom. The quantitative estimate of drug-likeness (QED) is 0.181. The highest BCUT2D eigenvalue weighted by Gasteiger charge is 2.52. The van der Waals surface area contributed by atoms with Crippen molar-refractivity contribution in [3.63, 3.8) is 0 Å². The molecule has 0 N–H and O–H groups in total. The topological polar surface area (TPSA) is 38.7 Å². The van der Waals surface area contributed by atoms with Gasteiger partial charge in [-0.25, -0.2) is 15.0 Å². The number of hydrogen-bond acceptors (Lipinski definition) is 3. The van der Waals surface area contributed by atoms with Gasteiger partial charge < -0.3 is 0 Å². The van der Waals surface area contributed by atoms with E-state index < -0.39 is 5.41 Å². The third kappa shape index (κ3) is 5.59. The summed E-state index contributed by atoms with van der Waals surface area (Å²) in [6.07, 6.45) is 0. The van der Waals surface area contributed by atoms with E-state index in [4.69, 9.17) is 15.0 Å². The van der Waals surface area contributed by atoms with Crippen LogP contribution in [0.15, 0.2) is 164 Å². The number of aromatic nitrogens is 3. The van der Waals surface area contributed by atoms with E-state index >= 15 is 0 Å². The average molecular weight is 736 g/mol. The monoisotopic (exact) mass is 735 g/mol. The van der Waals surface area contributed by atoms with Crippen molar-refractivity contribution in [2.75, 3.05) is 0 Å². The summed E-state index contributed by atoms with van der Waals surface area (Å²) in [7, 11) is 0. The standard InChI is InChI=1S/C54H45N3/c1-52(2,3)39-26-29-43-44-30-27-40(53(4,5)6)33-48(44)54(47(43)32-39)45-20-14-13-19-41(45)42-28-25-38(31-46(42)54)51-56-49(36-17-11-8-12-18-36)55-50(57-51)37-23-21-35(22-24-37)34-15-9-7-10-16-34/h7-33H,1-6H3. The van der Waals surface area contributed by atoms with Crippen LogP contribution in [0, 0.1) is 0 Å². The number of hydrogen-bond donors (Lipinski definition) is 0. The van der Waals surface area contributed by atoms with E-state index in [1.807, 2.05) is 24.3 Å². The van der Waals surface area contributed by atoms with E-state index in [1.165, 1.54) is 61.2 Å². The van der Waals surface area contributed by atoms with Crippen molar-refractivity contribution in [3.8, 4) is 67.5 Å². The zero-order valence-corrected chi connectivity index (χ0v) is 33.4. The maximum Gasteiger partial charge on any atom is 0.164 e. The van der Waals surface area contributed by atoms with Gasteiger partial charge in [-0.15, -0.1) is 0 Å². The highest BCUT2D eigenvalue weighted by atomic mass is 15.0. The van der Waals surface area contributed by atoms with E-state index in [-0.39, 0.29) is 10.8 Å². The number of fused-ring (bicyclic) bond motifs is 10. The summed E-state index contributed by atoms with van der Waals surface area (Å²) in [6.45, 7) is 13.9. The highest BCUT2D eigenvalue weighted by molar-refractivity contribution is 5.96. The molecular formula is C54H45N3. The summed E-state index contributed by atoms with van der Waals surface area (Å²) in [5.74, 6) is 1.96.